The van der Waals surface area contributed by atoms with E-state index in [0.717, 1.165) is 11.3 Å². The summed E-state index contributed by atoms with van der Waals surface area (Å²) in [6.07, 6.45) is 0. The van der Waals surface area contributed by atoms with Crippen molar-refractivity contribution in [2.24, 2.45) is 0 Å². The first kappa shape index (κ1) is 15.5. The molecule has 0 bridgehead atoms. The Labute approximate surface area is 130 Å². The van der Waals surface area contributed by atoms with Crippen LogP contribution in [0.15, 0.2) is 54.6 Å². The second kappa shape index (κ2) is 7.25. The standard InChI is InChI=1S/C17H19ClN2O/c1-12(15-10-6-7-11-16(15)18)19-13(2)17(21)20-14-8-4-3-5-9-14/h3-13,19H,1-2H3,(H,20,21). The van der Waals surface area contributed by atoms with E-state index in [0.29, 0.717) is 5.02 Å². The summed E-state index contributed by atoms with van der Waals surface area (Å²) < 4.78 is 0. The molecule has 0 aliphatic heterocycles. The largest absolute Gasteiger partial charge is 0.325 e. The van der Waals surface area contributed by atoms with Crippen LogP contribution in [-0.2, 0) is 4.79 Å². The molecule has 0 radical (unpaired) electrons. The Bertz CT molecular complexity index is 601. The molecule has 0 fully saturated rings. The summed E-state index contributed by atoms with van der Waals surface area (Å²) in [5.74, 6) is -0.0693. The third-order valence-electron chi connectivity index (χ3n) is 3.31. The van der Waals surface area contributed by atoms with Crippen molar-refractivity contribution in [3.05, 3.63) is 65.2 Å². The van der Waals surface area contributed by atoms with Crippen LogP contribution in [0.2, 0.25) is 5.02 Å². The highest BCUT2D eigenvalue weighted by atomic mass is 35.5. The molecule has 2 aromatic rings. The first-order valence-electron chi connectivity index (χ1n) is 6.94. The van der Waals surface area contributed by atoms with Gasteiger partial charge in [0.1, 0.15) is 0 Å². The van der Waals surface area contributed by atoms with Crippen molar-refractivity contribution >= 4 is 23.2 Å². The molecule has 2 aromatic carbocycles. The van der Waals surface area contributed by atoms with Crippen LogP contribution in [0.5, 0.6) is 0 Å². The van der Waals surface area contributed by atoms with Crippen LogP contribution in [0, 0.1) is 0 Å². The fourth-order valence-corrected chi connectivity index (χ4v) is 2.44. The maximum absolute atomic E-state index is 12.2. The van der Waals surface area contributed by atoms with Gasteiger partial charge in [-0.1, -0.05) is 48.0 Å². The second-order valence-corrected chi connectivity index (χ2v) is 5.39. The number of hydrogen-bond donors (Lipinski definition) is 2. The van der Waals surface area contributed by atoms with Crippen molar-refractivity contribution in [1.82, 2.24) is 5.32 Å². The molecular weight excluding hydrogens is 284 g/mol. The highest BCUT2D eigenvalue weighted by Gasteiger charge is 2.17. The normalized spacial score (nSPS) is 13.5. The molecule has 2 atom stereocenters. The number of para-hydroxylation sites is 1. The van der Waals surface area contributed by atoms with Crippen molar-refractivity contribution in [1.29, 1.82) is 0 Å². The first-order chi connectivity index (χ1) is 10.1. The van der Waals surface area contributed by atoms with Gasteiger partial charge >= 0.3 is 0 Å². The molecule has 2 N–H and O–H groups in total. The van der Waals surface area contributed by atoms with E-state index < -0.39 is 0 Å². The zero-order valence-corrected chi connectivity index (χ0v) is 12.9. The van der Waals surface area contributed by atoms with Gasteiger partial charge < -0.3 is 5.32 Å². The molecule has 0 aromatic heterocycles. The number of anilines is 1. The number of amides is 1. The summed E-state index contributed by atoms with van der Waals surface area (Å²) in [5, 5.41) is 6.84. The lowest BCUT2D eigenvalue weighted by Crippen LogP contribution is -2.39. The Balaban J connectivity index is 1.96. The Morgan fingerprint density at radius 2 is 1.62 bits per heavy atom. The smallest absolute Gasteiger partial charge is 0.241 e. The minimum Gasteiger partial charge on any atom is -0.325 e. The molecule has 0 saturated carbocycles. The van der Waals surface area contributed by atoms with Crippen molar-refractivity contribution in [2.45, 2.75) is 25.9 Å². The van der Waals surface area contributed by atoms with Crippen molar-refractivity contribution in [2.75, 3.05) is 5.32 Å². The van der Waals surface area contributed by atoms with Crippen LogP contribution in [0.3, 0.4) is 0 Å². The van der Waals surface area contributed by atoms with Crippen LogP contribution in [0.25, 0.3) is 0 Å². The van der Waals surface area contributed by atoms with Gasteiger partial charge in [-0.3, -0.25) is 10.1 Å². The van der Waals surface area contributed by atoms with E-state index in [2.05, 4.69) is 10.6 Å². The summed E-state index contributed by atoms with van der Waals surface area (Å²) in [7, 11) is 0. The number of carbonyl (C=O) groups is 1. The summed E-state index contributed by atoms with van der Waals surface area (Å²) in [6.45, 7) is 3.83. The van der Waals surface area contributed by atoms with Gasteiger partial charge in [0, 0.05) is 16.8 Å². The zero-order valence-electron chi connectivity index (χ0n) is 12.1. The fourth-order valence-electron chi connectivity index (χ4n) is 2.14. The van der Waals surface area contributed by atoms with Gasteiger partial charge in [0.15, 0.2) is 0 Å². The molecule has 4 heteroatoms. The molecule has 0 heterocycles. The maximum Gasteiger partial charge on any atom is 0.241 e. The number of rotatable bonds is 5. The first-order valence-corrected chi connectivity index (χ1v) is 7.32. The number of halogens is 1. The lowest BCUT2D eigenvalue weighted by molar-refractivity contribution is -0.117. The van der Waals surface area contributed by atoms with Crippen LogP contribution in [0.4, 0.5) is 5.69 Å². The topological polar surface area (TPSA) is 41.1 Å². The number of benzene rings is 2. The van der Waals surface area contributed by atoms with E-state index in [9.17, 15) is 4.79 Å². The van der Waals surface area contributed by atoms with Crippen LogP contribution in [-0.4, -0.2) is 11.9 Å². The quantitative estimate of drug-likeness (QED) is 0.876. The molecule has 3 nitrogen and oxygen atoms in total. The molecule has 0 aliphatic carbocycles. The minimum atomic E-state index is -0.323. The van der Waals surface area contributed by atoms with Crippen LogP contribution < -0.4 is 10.6 Å². The van der Waals surface area contributed by atoms with Gasteiger partial charge in [0.25, 0.3) is 0 Å². The monoisotopic (exact) mass is 302 g/mol. The van der Waals surface area contributed by atoms with Crippen LogP contribution in [0.1, 0.15) is 25.5 Å². The molecule has 2 rings (SSSR count). The van der Waals surface area contributed by atoms with Gasteiger partial charge in [-0.15, -0.1) is 0 Å². The fraction of sp³-hybridized carbons (Fsp3) is 0.235. The van der Waals surface area contributed by atoms with E-state index in [1.54, 1.807) is 0 Å². The molecule has 0 saturated heterocycles. The molecule has 110 valence electrons. The Morgan fingerprint density at radius 1 is 1.00 bits per heavy atom. The third kappa shape index (κ3) is 4.31. The Kier molecular flexibility index (Phi) is 5.37. The van der Waals surface area contributed by atoms with Gasteiger partial charge in [-0.25, -0.2) is 0 Å². The van der Waals surface area contributed by atoms with E-state index in [1.807, 2.05) is 68.4 Å². The third-order valence-corrected chi connectivity index (χ3v) is 3.65. The number of hydrogen-bond acceptors (Lipinski definition) is 2. The highest BCUT2D eigenvalue weighted by molar-refractivity contribution is 6.31. The zero-order chi connectivity index (χ0) is 15.2. The lowest BCUT2D eigenvalue weighted by atomic mass is 10.1. The van der Waals surface area contributed by atoms with E-state index in [-0.39, 0.29) is 18.0 Å². The van der Waals surface area contributed by atoms with Crippen molar-refractivity contribution in [3.63, 3.8) is 0 Å². The Hall–Kier alpha value is -1.84. The Morgan fingerprint density at radius 3 is 2.29 bits per heavy atom. The van der Waals surface area contributed by atoms with Gasteiger partial charge in [-0.05, 0) is 37.6 Å². The SMILES string of the molecule is CC(NC(C)c1ccccc1Cl)C(=O)Nc1ccccc1. The van der Waals surface area contributed by atoms with Gasteiger partial charge in [0.05, 0.1) is 6.04 Å². The maximum atomic E-state index is 12.2. The second-order valence-electron chi connectivity index (χ2n) is 4.99. The molecule has 1 amide bonds. The predicted molar refractivity (Wildman–Crippen MR) is 87.5 cm³/mol. The van der Waals surface area contributed by atoms with Crippen molar-refractivity contribution < 1.29 is 4.79 Å². The lowest BCUT2D eigenvalue weighted by Gasteiger charge is -2.20. The summed E-state index contributed by atoms with van der Waals surface area (Å²) >= 11 is 6.17. The molecule has 0 aliphatic rings. The molecule has 21 heavy (non-hydrogen) atoms. The molecule has 2 unspecified atom stereocenters. The highest BCUT2D eigenvalue weighted by Crippen LogP contribution is 2.22. The van der Waals surface area contributed by atoms with E-state index in [1.165, 1.54) is 0 Å². The van der Waals surface area contributed by atoms with E-state index in [4.69, 9.17) is 11.6 Å². The average molecular weight is 303 g/mol. The van der Waals surface area contributed by atoms with Crippen molar-refractivity contribution in [3.8, 4) is 0 Å². The molecule has 0 spiro atoms. The minimum absolute atomic E-state index is 0.00442. The van der Waals surface area contributed by atoms with Gasteiger partial charge in [-0.2, -0.15) is 0 Å². The average Bonchev–Trinajstić information content (AvgIpc) is 2.48. The number of nitrogens with one attached hydrogen (secondary N) is 2. The van der Waals surface area contributed by atoms with E-state index >= 15 is 0 Å². The number of carbonyl (C=O) groups excluding carboxylic acids is 1. The predicted octanol–water partition coefficient (Wildman–Crippen LogP) is 4.02. The van der Waals surface area contributed by atoms with Gasteiger partial charge in [0.2, 0.25) is 5.91 Å². The summed E-state index contributed by atoms with van der Waals surface area (Å²) in [5.41, 5.74) is 1.78. The molecular formula is C17H19ClN2O. The van der Waals surface area contributed by atoms with Crippen LogP contribution >= 0.6 is 11.6 Å². The summed E-state index contributed by atoms with van der Waals surface area (Å²) in [6, 6.07) is 16.7. The summed E-state index contributed by atoms with van der Waals surface area (Å²) in [4.78, 5) is 12.2.